The summed E-state index contributed by atoms with van der Waals surface area (Å²) >= 11 is 1.64. The number of para-hydroxylation sites is 1. The number of anilines is 1. The number of aliphatic hydroxyl groups is 1. The summed E-state index contributed by atoms with van der Waals surface area (Å²) in [5.74, 6) is 1.13. The molecule has 1 aromatic rings. The van der Waals surface area contributed by atoms with E-state index in [2.05, 4.69) is 28.4 Å². The first-order chi connectivity index (χ1) is 10.7. The summed E-state index contributed by atoms with van der Waals surface area (Å²) in [6.07, 6.45) is 4.33. The van der Waals surface area contributed by atoms with Gasteiger partial charge in [-0.2, -0.15) is 11.8 Å². The summed E-state index contributed by atoms with van der Waals surface area (Å²) in [6.45, 7) is 2.66. The van der Waals surface area contributed by atoms with Crippen molar-refractivity contribution in [2.24, 2.45) is 0 Å². The average molecular weight is 320 g/mol. The van der Waals surface area contributed by atoms with Crippen LogP contribution in [0.25, 0.3) is 0 Å². The fraction of sp³-hybridized carbons (Fsp3) is 0.588. The quantitative estimate of drug-likeness (QED) is 0.893. The van der Waals surface area contributed by atoms with E-state index in [0.717, 1.165) is 24.4 Å². The van der Waals surface area contributed by atoms with Crippen molar-refractivity contribution in [2.75, 3.05) is 29.5 Å². The molecular weight excluding hydrogens is 296 g/mol. The Morgan fingerprint density at radius 2 is 2.05 bits per heavy atom. The SMILES string of the molecule is O=C(NCc1ccccc1N1CCCCC1)C1(O)CCSC1. The molecule has 2 heterocycles. The Morgan fingerprint density at radius 1 is 1.27 bits per heavy atom. The summed E-state index contributed by atoms with van der Waals surface area (Å²) in [4.78, 5) is 14.6. The van der Waals surface area contributed by atoms with Crippen molar-refractivity contribution in [3.8, 4) is 0 Å². The first-order valence-corrected chi connectivity index (χ1v) is 9.26. The van der Waals surface area contributed by atoms with Crippen LogP contribution in [0.5, 0.6) is 0 Å². The van der Waals surface area contributed by atoms with Crippen LogP contribution >= 0.6 is 11.8 Å². The Bertz CT molecular complexity index is 523. The lowest BCUT2D eigenvalue weighted by Gasteiger charge is -2.31. The van der Waals surface area contributed by atoms with Gasteiger partial charge in [-0.3, -0.25) is 4.79 Å². The second-order valence-corrected chi connectivity index (χ2v) is 7.30. The second-order valence-electron chi connectivity index (χ2n) is 6.19. The van der Waals surface area contributed by atoms with Gasteiger partial charge in [0.1, 0.15) is 0 Å². The molecule has 2 N–H and O–H groups in total. The lowest BCUT2D eigenvalue weighted by molar-refractivity contribution is -0.137. The van der Waals surface area contributed by atoms with E-state index in [1.165, 1.54) is 24.9 Å². The smallest absolute Gasteiger partial charge is 0.253 e. The number of hydrogen-bond donors (Lipinski definition) is 2. The molecule has 0 aliphatic carbocycles. The molecule has 3 rings (SSSR count). The van der Waals surface area contributed by atoms with Gasteiger partial charge in [0.25, 0.3) is 5.91 Å². The van der Waals surface area contributed by atoms with E-state index >= 15 is 0 Å². The number of carbonyl (C=O) groups excluding carboxylic acids is 1. The molecule has 1 atom stereocenters. The van der Waals surface area contributed by atoms with Crippen molar-refractivity contribution < 1.29 is 9.90 Å². The van der Waals surface area contributed by atoms with Crippen molar-refractivity contribution in [2.45, 2.75) is 37.8 Å². The monoisotopic (exact) mass is 320 g/mol. The van der Waals surface area contributed by atoms with E-state index in [1.807, 2.05) is 6.07 Å². The normalized spacial score (nSPS) is 25.2. The van der Waals surface area contributed by atoms with Crippen LogP contribution in [-0.4, -0.2) is 41.2 Å². The molecule has 2 aliphatic rings. The average Bonchev–Trinajstić information content (AvgIpc) is 3.02. The minimum Gasteiger partial charge on any atom is -0.379 e. The number of carbonyl (C=O) groups is 1. The molecule has 0 saturated carbocycles. The Morgan fingerprint density at radius 3 is 2.77 bits per heavy atom. The highest BCUT2D eigenvalue weighted by Gasteiger charge is 2.39. The highest BCUT2D eigenvalue weighted by molar-refractivity contribution is 7.99. The van der Waals surface area contributed by atoms with Gasteiger partial charge < -0.3 is 15.3 Å². The van der Waals surface area contributed by atoms with Crippen LogP contribution in [0.1, 0.15) is 31.2 Å². The van der Waals surface area contributed by atoms with Crippen LogP contribution < -0.4 is 10.2 Å². The number of nitrogens with zero attached hydrogens (tertiary/aromatic N) is 1. The van der Waals surface area contributed by atoms with Gasteiger partial charge in [0, 0.05) is 31.1 Å². The van der Waals surface area contributed by atoms with Gasteiger partial charge in [0.05, 0.1) is 0 Å². The molecule has 2 saturated heterocycles. The van der Waals surface area contributed by atoms with Crippen molar-refractivity contribution in [1.82, 2.24) is 5.32 Å². The standard InChI is InChI=1S/C17H24N2O2S/c20-16(17(21)8-11-22-13-17)18-12-14-6-2-3-7-15(14)19-9-4-1-5-10-19/h2-3,6-7,21H,1,4-5,8-13H2,(H,18,20). The van der Waals surface area contributed by atoms with Crippen LogP contribution in [0.2, 0.25) is 0 Å². The molecule has 0 radical (unpaired) electrons. The van der Waals surface area contributed by atoms with E-state index in [1.54, 1.807) is 11.8 Å². The van der Waals surface area contributed by atoms with E-state index in [-0.39, 0.29) is 5.91 Å². The lowest BCUT2D eigenvalue weighted by atomic mass is 10.0. The van der Waals surface area contributed by atoms with Gasteiger partial charge in [-0.15, -0.1) is 0 Å². The van der Waals surface area contributed by atoms with E-state index in [4.69, 9.17) is 0 Å². The molecule has 1 amide bonds. The minimum absolute atomic E-state index is 0.231. The number of hydrogen-bond acceptors (Lipinski definition) is 4. The van der Waals surface area contributed by atoms with Gasteiger partial charge >= 0.3 is 0 Å². The molecule has 0 aromatic heterocycles. The zero-order chi connectivity index (χ0) is 15.4. The number of rotatable bonds is 4. The molecule has 120 valence electrons. The van der Waals surface area contributed by atoms with Crippen LogP contribution in [0, 0.1) is 0 Å². The molecule has 22 heavy (non-hydrogen) atoms. The summed E-state index contributed by atoms with van der Waals surface area (Å²) < 4.78 is 0. The maximum Gasteiger partial charge on any atom is 0.253 e. The Balaban J connectivity index is 1.66. The molecule has 5 heteroatoms. The van der Waals surface area contributed by atoms with Crippen LogP contribution in [0.4, 0.5) is 5.69 Å². The summed E-state index contributed by atoms with van der Waals surface area (Å²) in [5, 5.41) is 13.2. The topological polar surface area (TPSA) is 52.6 Å². The molecule has 0 bridgehead atoms. The maximum atomic E-state index is 12.2. The van der Waals surface area contributed by atoms with Crippen LogP contribution in [0.15, 0.2) is 24.3 Å². The third-order valence-corrected chi connectivity index (χ3v) is 5.73. The Labute approximate surface area is 136 Å². The Kier molecular flexibility index (Phi) is 4.93. The van der Waals surface area contributed by atoms with Gasteiger partial charge in [0.2, 0.25) is 0 Å². The molecule has 1 unspecified atom stereocenters. The Hall–Kier alpha value is -1.20. The molecule has 1 aromatic carbocycles. The van der Waals surface area contributed by atoms with E-state index in [0.29, 0.717) is 18.7 Å². The number of benzene rings is 1. The van der Waals surface area contributed by atoms with Crippen molar-refractivity contribution in [3.05, 3.63) is 29.8 Å². The summed E-state index contributed by atoms with van der Waals surface area (Å²) in [5.41, 5.74) is 1.17. The van der Waals surface area contributed by atoms with Gasteiger partial charge in [-0.05, 0) is 43.1 Å². The van der Waals surface area contributed by atoms with E-state index < -0.39 is 5.60 Å². The zero-order valence-corrected chi connectivity index (χ0v) is 13.7. The van der Waals surface area contributed by atoms with Gasteiger partial charge in [-0.25, -0.2) is 0 Å². The predicted octanol–water partition coefficient (Wildman–Crippen LogP) is 2.16. The summed E-state index contributed by atoms with van der Waals surface area (Å²) in [7, 11) is 0. The molecule has 2 aliphatic heterocycles. The van der Waals surface area contributed by atoms with Crippen LogP contribution in [0.3, 0.4) is 0 Å². The van der Waals surface area contributed by atoms with E-state index in [9.17, 15) is 9.90 Å². The lowest BCUT2D eigenvalue weighted by Crippen LogP contribution is -2.46. The van der Waals surface area contributed by atoms with Crippen molar-refractivity contribution >= 4 is 23.4 Å². The number of piperidine rings is 1. The molecule has 4 nitrogen and oxygen atoms in total. The number of thioether (sulfide) groups is 1. The fourth-order valence-electron chi connectivity index (χ4n) is 3.18. The first kappa shape index (κ1) is 15.7. The van der Waals surface area contributed by atoms with Gasteiger partial charge in [-0.1, -0.05) is 18.2 Å². The number of nitrogens with one attached hydrogen (secondary N) is 1. The largest absolute Gasteiger partial charge is 0.379 e. The number of amides is 1. The maximum absolute atomic E-state index is 12.2. The molecule has 2 fully saturated rings. The second kappa shape index (κ2) is 6.92. The molecule has 0 spiro atoms. The van der Waals surface area contributed by atoms with Crippen LogP contribution in [-0.2, 0) is 11.3 Å². The predicted molar refractivity (Wildman–Crippen MR) is 91.2 cm³/mol. The molecular formula is C17H24N2O2S. The third kappa shape index (κ3) is 3.41. The minimum atomic E-state index is -1.18. The first-order valence-electron chi connectivity index (χ1n) is 8.10. The summed E-state index contributed by atoms with van der Waals surface area (Å²) in [6, 6.07) is 8.26. The van der Waals surface area contributed by atoms with Gasteiger partial charge in [0.15, 0.2) is 5.60 Å². The van der Waals surface area contributed by atoms with Crippen molar-refractivity contribution in [1.29, 1.82) is 0 Å². The zero-order valence-electron chi connectivity index (χ0n) is 12.9. The highest BCUT2D eigenvalue weighted by Crippen LogP contribution is 2.28. The highest BCUT2D eigenvalue weighted by atomic mass is 32.2. The third-order valence-electron chi connectivity index (χ3n) is 4.55. The van der Waals surface area contributed by atoms with Crippen molar-refractivity contribution in [3.63, 3.8) is 0 Å². The fourth-order valence-corrected chi connectivity index (χ4v) is 4.42.